The highest BCUT2D eigenvalue weighted by Gasteiger charge is 2.22. The van der Waals surface area contributed by atoms with Crippen molar-refractivity contribution in [3.05, 3.63) is 88.4 Å². The van der Waals surface area contributed by atoms with Crippen LogP contribution in [-0.4, -0.2) is 50.0 Å². The van der Waals surface area contributed by atoms with Crippen molar-refractivity contribution in [2.24, 2.45) is 0 Å². The molecule has 7 heteroatoms. The van der Waals surface area contributed by atoms with Crippen LogP contribution in [0.4, 0.5) is 11.4 Å². The average molecular weight is 464 g/mol. The van der Waals surface area contributed by atoms with Crippen LogP contribution in [0.25, 0.3) is 0 Å². The third-order valence-electron chi connectivity index (χ3n) is 5.77. The molecule has 0 aromatic heterocycles. The van der Waals surface area contributed by atoms with Gasteiger partial charge in [0.25, 0.3) is 11.8 Å². The van der Waals surface area contributed by atoms with Crippen molar-refractivity contribution in [3.8, 4) is 5.75 Å². The number of nitrogens with one attached hydrogen (secondary N) is 1. The van der Waals surface area contributed by atoms with E-state index in [1.54, 1.807) is 18.2 Å². The van der Waals surface area contributed by atoms with E-state index in [0.717, 1.165) is 29.9 Å². The fourth-order valence-corrected chi connectivity index (χ4v) is 4.07. The van der Waals surface area contributed by atoms with Crippen molar-refractivity contribution in [1.29, 1.82) is 0 Å². The lowest BCUT2D eigenvalue weighted by atomic mass is 10.1. The van der Waals surface area contributed by atoms with Crippen LogP contribution >= 0.6 is 11.6 Å². The summed E-state index contributed by atoms with van der Waals surface area (Å²) in [5.74, 6) is 0.361. The zero-order chi connectivity index (χ0) is 23.4. The first-order valence-electron chi connectivity index (χ1n) is 10.8. The molecule has 0 bridgehead atoms. The van der Waals surface area contributed by atoms with Crippen LogP contribution in [0.15, 0.2) is 66.7 Å². The van der Waals surface area contributed by atoms with Crippen molar-refractivity contribution < 1.29 is 14.3 Å². The van der Waals surface area contributed by atoms with Crippen LogP contribution in [0.3, 0.4) is 0 Å². The van der Waals surface area contributed by atoms with Crippen molar-refractivity contribution in [2.75, 3.05) is 43.5 Å². The van der Waals surface area contributed by atoms with E-state index in [1.165, 1.54) is 7.11 Å². The van der Waals surface area contributed by atoms with Crippen LogP contribution in [0.1, 0.15) is 26.3 Å². The van der Waals surface area contributed by atoms with Gasteiger partial charge >= 0.3 is 0 Å². The maximum absolute atomic E-state index is 12.7. The van der Waals surface area contributed by atoms with E-state index >= 15 is 0 Å². The van der Waals surface area contributed by atoms with Gasteiger partial charge in [-0.05, 0) is 61.5 Å². The predicted molar refractivity (Wildman–Crippen MR) is 132 cm³/mol. The van der Waals surface area contributed by atoms with Gasteiger partial charge in [0.15, 0.2) is 0 Å². The quantitative estimate of drug-likeness (QED) is 0.586. The van der Waals surface area contributed by atoms with Gasteiger partial charge in [-0.25, -0.2) is 0 Å². The number of ether oxygens (including phenoxy) is 1. The van der Waals surface area contributed by atoms with Crippen molar-refractivity contribution in [3.63, 3.8) is 0 Å². The van der Waals surface area contributed by atoms with Crippen molar-refractivity contribution in [1.82, 2.24) is 4.90 Å². The zero-order valence-electron chi connectivity index (χ0n) is 18.7. The fourth-order valence-electron chi connectivity index (χ4n) is 3.81. The van der Waals surface area contributed by atoms with E-state index in [0.29, 0.717) is 35.1 Å². The Kier molecular flexibility index (Phi) is 6.84. The second-order valence-electron chi connectivity index (χ2n) is 8.00. The summed E-state index contributed by atoms with van der Waals surface area (Å²) < 4.78 is 5.13. The molecule has 3 aromatic carbocycles. The second kappa shape index (κ2) is 9.96. The summed E-state index contributed by atoms with van der Waals surface area (Å²) in [6, 6.07) is 20.3. The number of hydrogen-bond acceptors (Lipinski definition) is 4. The number of aryl methyl sites for hydroxylation is 1. The molecule has 1 aliphatic rings. The number of amides is 2. The molecule has 6 nitrogen and oxygen atoms in total. The number of anilines is 2. The molecule has 2 amide bonds. The smallest absolute Gasteiger partial charge is 0.255 e. The minimum absolute atomic E-state index is 0.0753. The van der Waals surface area contributed by atoms with E-state index in [1.807, 2.05) is 60.4 Å². The molecule has 0 radical (unpaired) electrons. The van der Waals surface area contributed by atoms with Gasteiger partial charge < -0.3 is 19.9 Å². The third kappa shape index (κ3) is 5.29. The lowest BCUT2D eigenvalue weighted by molar-refractivity contribution is 0.0746. The summed E-state index contributed by atoms with van der Waals surface area (Å²) in [5.41, 5.74) is 4.09. The molecule has 0 atom stereocenters. The molecule has 1 N–H and O–H groups in total. The summed E-state index contributed by atoms with van der Waals surface area (Å²) >= 11 is 6.12. The summed E-state index contributed by atoms with van der Waals surface area (Å²) in [5, 5.41) is 3.28. The zero-order valence-corrected chi connectivity index (χ0v) is 19.4. The number of halogens is 1. The number of benzene rings is 3. The number of piperazine rings is 1. The molecule has 33 heavy (non-hydrogen) atoms. The van der Waals surface area contributed by atoms with Crippen LogP contribution in [0.2, 0.25) is 5.02 Å². The first-order chi connectivity index (χ1) is 15.9. The molecular weight excluding hydrogens is 438 g/mol. The largest absolute Gasteiger partial charge is 0.495 e. The van der Waals surface area contributed by atoms with Crippen molar-refractivity contribution >= 4 is 34.8 Å². The second-order valence-corrected chi connectivity index (χ2v) is 8.40. The number of methoxy groups -OCH3 is 1. The third-order valence-corrected chi connectivity index (χ3v) is 6.07. The molecule has 0 aliphatic carbocycles. The van der Waals surface area contributed by atoms with Crippen molar-refractivity contribution in [2.45, 2.75) is 6.92 Å². The average Bonchev–Trinajstić information content (AvgIpc) is 2.84. The molecular formula is C26H26ClN3O3. The first-order valence-corrected chi connectivity index (χ1v) is 11.2. The Hall–Kier alpha value is -3.51. The van der Waals surface area contributed by atoms with E-state index in [9.17, 15) is 9.59 Å². The Morgan fingerprint density at radius 3 is 2.12 bits per heavy atom. The molecule has 1 fully saturated rings. The number of carbonyl (C=O) groups excluding carboxylic acids is 2. The monoisotopic (exact) mass is 463 g/mol. The van der Waals surface area contributed by atoms with Gasteiger partial charge in [0, 0.05) is 48.7 Å². The van der Waals surface area contributed by atoms with Crippen LogP contribution < -0.4 is 15.0 Å². The lowest BCUT2D eigenvalue weighted by Crippen LogP contribution is -2.48. The van der Waals surface area contributed by atoms with Crippen LogP contribution in [0.5, 0.6) is 5.75 Å². The van der Waals surface area contributed by atoms with Gasteiger partial charge in [0.2, 0.25) is 0 Å². The van der Waals surface area contributed by atoms with E-state index < -0.39 is 0 Å². The normalized spacial score (nSPS) is 13.5. The standard InChI is InChI=1S/C26H26ClN3O3/c1-18-3-5-19(6-4-18)26(32)30-15-13-29(14-16-30)22-10-8-21(9-11-22)28-25(31)20-7-12-24(33-2)23(27)17-20/h3-12,17H,13-16H2,1-2H3,(H,28,31). The topological polar surface area (TPSA) is 61.9 Å². The molecule has 1 saturated heterocycles. The summed E-state index contributed by atoms with van der Waals surface area (Å²) in [6.45, 7) is 4.87. The number of nitrogens with zero attached hydrogens (tertiary/aromatic N) is 2. The van der Waals surface area contributed by atoms with Gasteiger partial charge in [0.05, 0.1) is 12.1 Å². The maximum Gasteiger partial charge on any atom is 0.255 e. The van der Waals surface area contributed by atoms with Gasteiger partial charge in [-0.15, -0.1) is 0 Å². The lowest BCUT2D eigenvalue weighted by Gasteiger charge is -2.36. The van der Waals surface area contributed by atoms with Gasteiger partial charge in [-0.3, -0.25) is 9.59 Å². The molecule has 0 spiro atoms. The highest BCUT2D eigenvalue weighted by molar-refractivity contribution is 6.32. The van der Waals surface area contributed by atoms with E-state index in [4.69, 9.17) is 16.3 Å². The molecule has 4 rings (SSSR count). The van der Waals surface area contributed by atoms with E-state index in [-0.39, 0.29) is 11.8 Å². The van der Waals surface area contributed by atoms with Crippen LogP contribution in [-0.2, 0) is 0 Å². The predicted octanol–water partition coefficient (Wildman–Crippen LogP) is 4.87. The number of rotatable bonds is 5. The Morgan fingerprint density at radius 1 is 0.879 bits per heavy atom. The van der Waals surface area contributed by atoms with Gasteiger partial charge in [-0.1, -0.05) is 29.3 Å². The Balaban J connectivity index is 1.33. The Bertz CT molecular complexity index is 1140. The first kappa shape index (κ1) is 22.7. The molecule has 1 aliphatic heterocycles. The SMILES string of the molecule is COc1ccc(C(=O)Nc2ccc(N3CCN(C(=O)c4ccc(C)cc4)CC3)cc2)cc1Cl. The molecule has 1 heterocycles. The molecule has 0 saturated carbocycles. The fraction of sp³-hybridized carbons (Fsp3) is 0.231. The molecule has 0 unspecified atom stereocenters. The summed E-state index contributed by atoms with van der Waals surface area (Å²) in [4.78, 5) is 29.4. The Morgan fingerprint density at radius 2 is 1.52 bits per heavy atom. The van der Waals surface area contributed by atoms with Gasteiger partial charge in [0.1, 0.15) is 5.75 Å². The van der Waals surface area contributed by atoms with Gasteiger partial charge in [-0.2, -0.15) is 0 Å². The Labute approximate surface area is 198 Å². The minimum Gasteiger partial charge on any atom is -0.495 e. The molecule has 3 aromatic rings. The maximum atomic E-state index is 12.7. The molecule has 170 valence electrons. The summed E-state index contributed by atoms with van der Waals surface area (Å²) in [7, 11) is 1.53. The number of carbonyl (C=O) groups is 2. The minimum atomic E-state index is -0.240. The highest BCUT2D eigenvalue weighted by atomic mass is 35.5. The highest BCUT2D eigenvalue weighted by Crippen LogP contribution is 2.26. The van der Waals surface area contributed by atoms with Crippen LogP contribution in [0, 0.1) is 6.92 Å². The number of hydrogen-bond donors (Lipinski definition) is 1. The van der Waals surface area contributed by atoms with E-state index in [2.05, 4.69) is 10.2 Å². The summed E-state index contributed by atoms with van der Waals surface area (Å²) in [6.07, 6.45) is 0.